The van der Waals surface area contributed by atoms with Gasteiger partial charge in [-0.3, -0.25) is 4.79 Å². The van der Waals surface area contributed by atoms with Crippen LogP contribution < -0.4 is 15.8 Å². The monoisotopic (exact) mass is 312 g/mol. The predicted octanol–water partition coefficient (Wildman–Crippen LogP) is 2.20. The van der Waals surface area contributed by atoms with E-state index in [-0.39, 0.29) is 5.91 Å². The molecule has 0 radical (unpaired) electrons. The molecule has 0 aromatic heterocycles. The molecule has 1 amide bonds. The summed E-state index contributed by atoms with van der Waals surface area (Å²) in [4.78, 5) is 12.0. The second-order valence-corrected chi connectivity index (χ2v) is 7.04. The zero-order valence-electron chi connectivity index (χ0n) is 11.3. The van der Waals surface area contributed by atoms with Crippen molar-refractivity contribution in [1.82, 2.24) is 0 Å². The number of hydrogen-bond donors (Lipinski definition) is 2. The van der Waals surface area contributed by atoms with E-state index in [9.17, 15) is 4.79 Å². The number of carbonyl (C=O) groups is 1. The van der Waals surface area contributed by atoms with Crippen molar-refractivity contribution in [2.45, 2.75) is 11.7 Å². The number of anilines is 1. The molecule has 1 heterocycles. The normalized spacial score (nSPS) is 18.6. The van der Waals surface area contributed by atoms with Crippen molar-refractivity contribution >= 4 is 35.1 Å². The predicted molar refractivity (Wildman–Crippen MR) is 87.8 cm³/mol. The third-order valence-electron chi connectivity index (χ3n) is 2.82. The Morgan fingerprint density at radius 2 is 2.15 bits per heavy atom. The molecule has 6 heteroatoms. The van der Waals surface area contributed by atoms with Gasteiger partial charge in [0.15, 0.2) is 0 Å². The van der Waals surface area contributed by atoms with Crippen molar-refractivity contribution in [2.75, 3.05) is 35.7 Å². The molecule has 0 bridgehead atoms. The van der Waals surface area contributed by atoms with Crippen LogP contribution in [0.4, 0.5) is 5.69 Å². The van der Waals surface area contributed by atoms with Crippen molar-refractivity contribution in [3.05, 3.63) is 24.3 Å². The summed E-state index contributed by atoms with van der Waals surface area (Å²) in [6.45, 7) is 0.998. The van der Waals surface area contributed by atoms with Crippen LogP contribution in [0.15, 0.2) is 24.3 Å². The van der Waals surface area contributed by atoms with Crippen LogP contribution >= 0.6 is 23.5 Å². The molecule has 4 nitrogen and oxygen atoms in total. The molecule has 0 aliphatic carbocycles. The lowest BCUT2D eigenvalue weighted by atomic mass is 10.2. The van der Waals surface area contributed by atoms with Gasteiger partial charge < -0.3 is 15.8 Å². The molecule has 1 aromatic carbocycles. The highest BCUT2D eigenvalue weighted by molar-refractivity contribution is 8.06. The molecule has 1 aliphatic rings. The number of rotatable bonds is 6. The molecule has 20 heavy (non-hydrogen) atoms. The lowest BCUT2D eigenvalue weighted by molar-refractivity contribution is -0.116. The Labute approximate surface area is 128 Å². The van der Waals surface area contributed by atoms with Gasteiger partial charge in [-0.1, -0.05) is 0 Å². The zero-order valence-corrected chi connectivity index (χ0v) is 13.0. The minimum Gasteiger partial charge on any atom is -0.492 e. The van der Waals surface area contributed by atoms with Crippen molar-refractivity contribution in [3.8, 4) is 5.75 Å². The van der Waals surface area contributed by atoms with E-state index in [1.165, 1.54) is 5.75 Å². The molecule has 1 fully saturated rings. The minimum atomic E-state index is 0.0839. The van der Waals surface area contributed by atoms with E-state index in [0.29, 0.717) is 24.8 Å². The Morgan fingerprint density at radius 3 is 2.80 bits per heavy atom. The molecule has 0 saturated carbocycles. The van der Waals surface area contributed by atoms with Gasteiger partial charge in [0.25, 0.3) is 0 Å². The Bertz CT molecular complexity index is 420. The Hall–Kier alpha value is -0.850. The first-order valence-electron chi connectivity index (χ1n) is 6.70. The van der Waals surface area contributed by atoms with Crippen molar-refractivity contribution in [2.24, 2.45) is 5.73 Å². The summed E-state index contributed by atoms with van der Waals surface area (Å²) in [5.74, 6) is 4.28. The highest BCUT2D eigenvalue weighted by Crippen LogP contribution is 2.26. The topological polar surface area (TPSA) is 64.3 Å². The van der Waals surface area contributed by atoms with Gasteiger partial charge >= 0.3 is 0 Å². The number of amides is 1. The fourth-order valence-corrected chi connectivity index (χ4v) is 4.56. The molecular weight excluding hydrogens is 292 g/mol. The third-order valence-corrected chi connectivity index (χ3v) is 5.67. The van der Waals surface area contributed by atoms with E-state index in [1.807, 2.05) is 47.8 Å². The number of ether oxygens (including phenoxy) is 1. The number of thioether (sulfide) groups is 2. The average molecular weight is 312 g/mol. The van der Waals surface area contributed by atoms with Gasteiger partial charge in [-0.25, -0.2) is 0 Å². The summed E-state index contributed by atoms with van der Waals surface area (Å²) in [6, 6.07) is 7.39. The van der Waals surface area contributed by atoms with Crippen LogP contribution in [0.3, 0.4) is 0 Å². The van der Waals surface area contributed by atoms with Crippen molar-refractivity contribution < 1.29 is 9.53 Å². The molecule has 2 rings (SSSR count). The van der Waals surface area contributed by atoms with Gasteiger partial charge in [-0.15, -0.1) is 0 Å². The molecule has 3 N–H and O–H groups in total. The van der Waals surface area contributed by atoms with Crippen LogP contribution in [0.5, 0.6) is 5.75 Å². The Morgan fingerprint density at radius 1 is 1.35 bits per heavy atom. The zero-order chi connectivity index (χ0) is 14.2. The second-order valence-electron chi connectivity index (χ2n) is 4.48. The molecule has 1 aliphatic heterocycles. The first-order chi connectivity index (χ1) is 9.78. The Kier molecular flexibility index (Phi) is 6.56. The van der Waals surface area contributed by atoms with Crippen LogP contribution in [0, 0.1) is 0 Å². The van der Waals surface area contributed by atoms with E-state index in [0.717, 1.165) is 22.9 Å². The maximum Gasteiger partial charge on any atom is 0.225 e. The van der Waals surface area contributed by atoms with Gasteiger partial charge in [0.1, 0.15) is 12.4 Å². The lowest BCUT2D eigenvalue weighted by Gasteiger charge is -2.20. The fourth-order valence-electron chi connectivity index (χ4n) is 1.88. The van der Waals surface area contributed by atoms with E-state index in [4.69, 9.17) is 10.5 Å². The summed E-state index contributed by atoms with van der Waals surface area (Å²) in [7, 11) is 0. The standard InChI is InChI=1S/C14H20N2O2S2/c15-5-6-18-12-3-1-11(2-4-12)16-14(17)9-13-10-19-7-8-20-13/h1-4,13H,5-10,15H2,(H,16,17). The summed E-state index contributed by atoms with van der Waals surface area (Å²) in [5.41, 5.74) is 6.18. The molecule has 1 aromatic rings. The van der Waals surface area contributed by atoms with E-state index >= 15 is 0 Å². The maximum absolute atomic E-state index is 12.0. The lowest BCUT2D eigenvalue weighted by Crippen LogP contribution is -2.22. The number of hydrogen-bond acceptors (Lipinski definition) is 5. The van der Waals surface area contributed by atoms with Gasteiger partial charge in [-0.05, 0) is 24.3 Å². The van der Waals surface area contributed by atoms with Gasteiger partial charge in [-0.2, -0.15) is 23.5 Å². The highest BCUT2D eigenvalue weighted by atomic mass is 32.2. The molecule has 1 unspecified atom stereocenters. The number of nitrogens with one attached hydrogen (secondary N) is 1. The molecule has 1 atom stereocenters. The first kappa shape index (κ1) is 15.5. The number of carbonyl (C=O) groups excluding carboxylic acids is 1. The summed E-state index contributed by atoms with van der Waals surface area (Å²) in [6.07, 6.45) is 0.586. The fraction of sp³-hybridized carbons (Fsp3) is 0.500. The molecular formula is C14H20N2O2S2. The van der Waals surface area contributed by atoms with Gasteiger partial charge in [0, 0.05) is 41.2 Å². The van der Waals surface area contributed by atoms with Crippen LogP contribution in [0.1, 0.15) is 6.42 Å². The molecule has 0 spiro atoms. The van der Waals surface area contributed by atoms with Crippen LogP contribution in [0.2, 0.25) is 0 Å². The van der Waals surface area contributed by atoms with E-state index < -0.39 is 0 Å². The van der Waals surface area contributed by atoms with Gasteiger partial charge in [0.05, 0.1) is 0 Å². The SMILES string of the molecule is NCCOc1ccc(NC(=O)CC2CSCCS2)cc1. The number of benzene rings is 1. The van der Waals surface area contributed by atoms with E-state index in [2.05, 4.69) is 5.32 Å². The minimum absolute atomic E-state index is 0.0839. The average Bonchev–Trinajstić information content (AvgIpc) is 2.47. The maximum atomic E-state index is 12.0. The van der Waals surface area contributed by atoms with Crippen molar-refractivity contribution in [3.63, 3.8) is 0 Å². The summed E-state index contributed by atoms with van der Waals surface area (Å²) in [5, 5.41) is 3.38. The highest BCUT2D eigenvalue weighted by Gasteiger charge is 2.17. The van der Waals surface area contributed by atoms with Crippen LogP contribution in [-0.4, -0.2) is 41.6 Å². The summed E-state index contributed by atoms with van der Waals surface area (Å²) >= 11 is 3.83. The third kappa shape index (κ3) is 5.26. The quantitative estimate of drug-likeness (QED) is 0.843. The van der Waals surface area contributed by atoms with Crippen LogP contribution in [-0.2, 0) is 4.79 Å². The number of nitrogens with two attached hydrogens (primary N) is 1. The molecule has 110 valence electrons. The van der Waals surface area contributed by atoms with E-state index in [1.54, 1.807) is 0 Å². The van der Waals surface area contributed by atoms with Crippen LogP contribution in [0.25, 0.3) is 0 Å². The van der Waals surface area contributed by atoms with Gasteiger partial charge in [0.2, 0.25) is 5.91 Å². The smallest absolute Gasteiger partial charge is 0.225 e. The first-order valence-corrected chi connectivity index (χ1v) is 8.90. The molecule has 1 saturated heterocycles. The Balaban J connectivity index is 1.78. The summed E-state index contributed by atoms with van der Waals surface area (Å²) < 4.78 is 5.39. The second kappa shape index (κ2) is 8.44. The largest absolute Gasteiger partial charge is 0.492 e. The van der Waals surface area contributed by atoms with Crippen molar-refractivity contribution in [1.29, 1.82) is 0 Å².